The average molecular weight is 245 g/mol. The molecule has 2 rings (SSSR count). The summed E-state index contributed by atoms with van der Waals surface area (Å²) in [5, 5.41) is 4.00. The van der Waals surface area contributed by atoms with Crippen LogP contribution in [0.15, 0.2) is 4.52 Å². The Morgan fingerprint density at radius 2 is 2.19 bits per heavy atom. The Morgan fingerprint density at radius 1 is 1.50 bits per heavy atom. The predicted octanol–water partition coefficient (Wildman–Crippen LogP) is 3.16. The number of aromatic nitrogens is 2. The van der Waals surface area contributed by atoms with Gasteiger partial charge in [0.05, 0.1) is 0 Å². The summed E-state index contributed by atoms with van der Waals surface area (Å²) in [6, 6.07) is 0. The smallest absolute Gasteiger partial charge is 0.320 e. The standard InChI is InChI=1S/C11H17ClN2O2/c1-3-15-11(6-4-8(2)5-7-11)9-13-10(12)16-14-9/h8H,3-7H2,1-2H3. The minimum Gasteiger partial charge on any atom is -0.367 e. The average Bonchev–Trinajstić information content (AvgIpc) is 2.70. The van der Waals surface area contributed by atoms with Crippen LogP contribution in [0.5, 0.6) is 0 Å². The minimum atomic E-state index is -0.377. The molecule has 90 valence electrons. The fourth-order valence-electron chi connectivity index (χ4n) is 2.33. The number of halogens is 1. The topological polar surface area (TPSA) is 48.2 Å². The molecule has 1 aliphatic rings. The Balaban J connectivity index is 2.22. The second-order valence-corrected chi connectivity index (χ2v) is 4.80. The number of ether oxygens (including phenoxy) is 1. The fourth-order valence-corrected chi connectivity index (χ4v) is 2.44. The van der Waals surface area contributed by atoms with Gasteiger partial charge in [0.2, 0.25) is 5.82 Å². The van der Waals surface area contributed by atoms with E-state index >= 15 is 0 Å². The number of nitrogens with zero attached hydrogens (tertiary/aromatic N) is 2. The van der Waals surface area contributed by atoms with Gasteiger partial charge in [-0.3, -0.25) is 0 Å². The van der Waals surface area contributed by atoms with E-state index in [0.29, 0.717) is 12.4 Å². The molecule has 1 aliphatic carbocycles. The van der Waals surface area contributed by atoms with Gasteiger partial charge in [0.15, 0.2) is 0 Å². The van der Waals surface area contributed by atoms with E-state index in [9.17, 15) is 0 Å². The highest BCUT2D eigenvalue weighted by Crippen LogP contribution is 2.41. The lowest BCUT2D eigenvalue weighted by atomic mass is 9.79. The second kappa shape index (κ2) is 4.72. The summed E-state index contributed by atoms with van der Waals surface area (Å²) < 4.78 is 10.7. The number of hydrogen-bond acceptors (Lipinski definition) is 4. The maximum atomic E-state index is 5.87. The zero-order valence-electron chi connectivity index (χ0n) is 9.70. The summed E-state index contributed by atoms with van der Waals surface area (Å²) in [6.45, 7) is 4.90. The molecular weight excluding hydrogens is 228 g/mol. The first-order valence-electron chi connectivity index (χ1n) is 5.80. The summed E-state index contributed by atoms with van der Waals surface area (Å²) in [7, 11) is 0. The van der Waals surface area contributed by atoms with Crippen molar-refractivity contribution in [3.8, 4) is 0 Å². The van der Waals surface area contributed by atoms with Crippen LogP contribution in [0.3, 0.4) is 0 Å². The highest BCUT2D eigenvalue weighted by Gasteiger charge is 2.40. The second-order valence-electron chi connectivity index (χ2n) is 4.48. The van der Waals surface area contributed by atoms with Gasteiger partial charge >= 0.3 is 5.35 Å². The zero-order chi connectivity index (χ0) is 11.6. The molecule has 1 saturated carbocycles. The maximum Gasteiger partial charge on any atom is 0.320 e. The van der Waals surface area contributed by atoms with E-state index in [1.54, 1.807) is 0 Å². The molecule has 0 radical (unpaired) electrons. The van der Waals surface area contributed by atoms with Crippen molar-refractivity contribution in [2.75, 3.05) is 6.61 Å². The molecule has 5 heteroatoms. The van der Waals surface area contributed by atoms with Gasteiger partial charge in [0, 0.05) is 6.61 Å². The summed E-state index contributed by atoms with van der Waals surface area (Å²) in [5.41, 5.74) is -0.377. The summed E-state index contributed by atoms with van der Waals surface area (Å²) in [5.74, 6) is 1.35. The van der Waals surface area contributed by atoms with E-state index in [2.05, 4.69) is 17.1 Å². The van der Waals surface area contributed by atoms with Crippen LogP contribution < -0.4 is 0 Å². The quantitative estimate of drug-likeness (QED) is 0.820. The predicted molar refractivity (Wildman–Crippen MR) is 60.2 cm³/mol. The van der Waals surface area contributed by atoms with Crippen molar-refractivity contribution in [1.29, 1.82) is 0 Å². The highest BCUT2D eigenvalue weighted by molar-refractivity contribution is 6.27. The molecule has 16 heavy (non-hydrogen) atoms. The van der Waals surface area contributed by atoms with Crippen molar-refractivity contribution in [2.45, 2.75) is 45.1 Å². The van der Waals surface area contributed by atoms with Gasteiger partial charge in [-0.1, -0.05) is 12.1 Å². The molecular formula is C11H17ClN2O2. The van der Waals surface area contributed by atoms with Crippen molar-refractivity contribution in [3.05, 3.63) is 11.2 Å². The van der Waals surface area contributed by atoms with E-state index < -0.39 is 0 Å². The van der Waals surface area contributed by atoms with Crippen LogP contribution in [0.25, 0.3) is 0 Å². The number of rotatable bonds is 3. The van der Waals surface area contributed by atoms with E-state index in [0.717, 1.165) is 31.6 Å². The van der Waals surface area contributed by atoms with Gasteiger partial charge in [0.1, 0.15) is 5.60 Å². The Morgan fingerprint density at radius 3 is 2.69 bits per heavy atom. The van der Waals surface area contributed by atoms with Crippen LogP contribution in [0.1, 0.15) is 45.4 Å². The zero-order valence-corrected chi connectivity index (χ0v) is 10.5. The van der Waals surface area contributed by atoms with E-state index in [4.69, 9.17) is 20.9 Å². The normalized spacial score (nSPS) is 30.6. The van der Waals surface area contributed by atoms with Crippen molar-refractivity contribution < 1.29 is 9.26 Å². The van der Waals surface area contributed by atoms with Gasteiger partial charge in [-0.15, -0.1) is 0 Å². The summed E-state index contributed by atoms with van der Waals surface area (Å²) >= 11 is 5.67. The summed E-state index contributed by atoms with van der Waals surface area (Å²) in [6.07, 6.45) is 4.15. The summed E-state index contributed by atoms with van der Waals surface area (Å²) in [4.78, 5) is 4.11. The van der Waals surface area contributed by atoms with Crippen LogP contribution in [-0.2, 0) is 10.3 Å². The van der Waals surface area contributed by atoms with E-state index in [-0.39, 0.29) is 11.0 Å². The number of hydrogen-bond donors (Lipinski definition) is 0. The molecule has 1 fully saturated rings. The van der Waals surface area contributed by atoms with Gasteiger partial charge < -0.3 is 9.26 Å². The van der Waals surface area contributed by atoms with Crippen LogP contribution in [-0.4, -0.2) is 16.7 Å². The van der Waals surface area contributed by atoms with Crippen LogP contribution >= 0.6 is 11.6 Å². The third kappa shape index (κ3) is 2.23. The van der Waals surface area contributed by atoms with Crippen LogP contribution in [0.4, 0.5) is 0 Å². The Labute approximate surface area is 100 Å². The van der Waals surface area contributed by atoms with Gasteiger partial charge in [0.25, 0.3) is 0 Å². The van der Waals surface area contributed by atoms with Crippen molar-refractivity contribution >= 4 is 11.6 Å². The molecule has 0 N–H and O–H groups in total. The first kappa shape index (κ1) is 11.9. The van der Waals surface area contributed by atoms with Crippen molar-refractivity contribution in [3.63, 3.8) is 0 Å². The molecule has 0 spiro atoms. The molecule has 0 aromatic carbocycles. The van der Waals surface area contributed by atoms with Crippen LogP contribution in [0.2, 0.25) is 5.35 Å². The molecule has 0 amide bonds. The van der Waals surface area contributed by atoms with Crippen LogP contribution in [0, 0.1) is 5.92 Å². The highest BCUT2D eigenvalue weighted by atomic mass is 35.5. The molecule has 0 saturated heterocycles. The minimum absolute atomic E-state index is 0.0905. The van der Waals surface area contributed by atoms with Gasteiger partial charge in [-0.05, 0) is 50.1 Å². The molecule has 0 bridgehead atoms. The largest absolute Gasteiger partial charge is 0.367 e. The first-order valence-corrected chi connectivity index (χ1v) is 6.18. The Kier molecular flexibility index (Phi) is 3.50. The van der Waals surface area contributed by atoms with Crippen molar-refractivity contribution in [1.82, 2.24) is 10.1 Å². The third-order valence-electron chi connectivity index (χ3n) is 3.31. The van der Waals surface area contributed by atoms with E-state index in [1.807, 2.05) is 6.92 Å². The lowest BCUT2D eigenvalue weighted by molar-refractivity contribution is -0.0847. The Hall–Kier alpha value is -0.610. The first-order chi connectivity index (χ1) is 7.66. The monoisotopic (exact) mass is 244 g/mol. The van der Waals surface area contributed by atoms with Gasteiger partial charge in [-0.25, -0.2) is 0 Å². The molecule has 0 unspecified atom stereocenters. The van der Waals surface area contributed by atoms with E-state index in [1.165, 1.54) is 0 Å². The molecule has 1 aromatic rings. The van der Waals surface area contributed by atoms with Gasteiger partial charge in [-0.2, -0.15) is 4.98 Å². The van der Waals surface area contributed by atoms with Crippen molar-refractivity contribution in [2.24, 2.45) is 5.92 Å². The fraction of sp³-hybridized carbons (Fsp3) is 0.818. The molecule has 1 heterocycles. The lowest BCUT2D eigenvalue weighted by Crippen LogP contribution is -2.35. The third-order valence-corrected chi connectivity index (χ3v) is 3.46. The maximum absolute atomic E-state index is 5.87. The molecule has 0 atom stereocenters. The molecule has 1 aromatic heterocycles. The molecule has 4 nitrogen and oxygen atoms in total. The SMILES string of the molecule is CCOC1(c2noc(Cl)n2)CCC(C)CC1. The molecule has 0 aliphatic heterocycles. The lowest BCUT2D eigenvalue weighted by Gasteiger charge is -2.36. The Bertz CT molecular complexity index is 346.